The van der Waals surface area contributed by atoms with E-state index < -0.39 is 0 Å². The maximum absolute atomic E-state index is 13.4. The van der Waals surface area contributed by atoms with Gasteiger partial charge in [0.25, 0.3) is 0 Å². The van der Waals surface area contributed by atoms with Gasteiger partial charge in [-0.05, 0) is 61.3 Å². The quantitative estimate of drug-likeness (QED) is 0.559. The molecule has 32 heavy (non-hydrogen) atoms. The molecule has 1 aromatic heterocycles. The summed E-state index contributed by atoms with van der Waals surface area (Å²) in [6, 6.07) is 18.4. The second-order valence-corrected chi connectivity index (χ2v) is 9.75. The summed E-state index contributed by atoms with van der Waals surface area (Å²) in [6.45, 7) is 1.36. The van der Waals surface area contributed by atoms with Crippen molar-refractivity contribution in [2.24, 2.45) is 0 Å². The van der Waals surface area contributed by atoms with E-state index in [9.17, 15) is 4.79 Å². The van der Waals surface area contributed by atoms with Crippen molar-refractivity contribution in [3.05, 3.63) is 86.6 Å². The zero-order valence-electron chi connectivity index (χ0n) is 18.6. The summed E-state index contributed by atoms with van der Waals surface area (Å²) in [5.74, 6) is 0.846. The van der Waals surface area contributed by atoms with Gasteiger partial charge >= 0.3 is 6.03 Å². The number of urea groups is 1. The van der Waals surface area contributed by atoms with Crippen LogP contribution in [-0.4, -0.2) is 31.1 Å². The maximum Gasteiger partial charge on any atom is 0.318 e. The fraction of sp³-hybridized carbons (Fsp3) is 0.370. The number of hydrogen-bond acceptors (Lipinski definition) is 3. The lowest BCUT2D eigenvalue weighted by molar-refractivity contribution is 0.180. The Morgan fingerprint density at radius 2 is 1.81 bits per heavy atom. The van der Waals surface area contributed by atoms with Crippen LogP contribution in [0.1, 0.15) is 50.9 Å². The molecule has 2 heterocycles. The Labute approximate surface area is 194 Å². The molecule has 0 saturated carbocycles. The minimum atomic E-state index is -0.0952. The Kier molecular flexibility index (Phi) is 6.17. The van der Waals surface area contributed by atoms with Crippen LogP contribution in [-0.2, 0) is 25.7 Å². The molecular formula is C27H30N2O2S. The molecule has 2 amide bonds. The lowest BCUT2D eigenvalue weighted by Gasteiger charge is -2.37. The minimum absolute atomic E-state index is 0.00820. The highest BCUT2D eigenvalue weighted by atomic mass is 32.1. The summed E-state index contributed by atoms with van der Waals surface area (Å²) in [5.41, 5.74) is 5.38. The molecule has 2 aliphatic rings. The highest BCUT2D eigenvalue weighted by molar-refractivity contribution is 7.12. The van der Waals surface area contributed by atoms with Crippen molar-refractivity contribution in [2.75, 3.05) is 20.2 Å². The standard InChI is InChI=1S/C27H30N2O2S/c1-31-23-13-7-5-12-22(23)25-26-21(20-11-6-8-14-24(20)32-26)16-18-29(25)27(30)28-17-15-19-9-3-2-4-10-19/h2-5,7,9-10,12-13,25H,6,8,11,14-18H2,1H3,(H,28,30)/t25-/m0/s1. The third-order valence-electron chi connectivity index (χ3n) is 6.70. The van der Waals surface area contributed by atoms with Crippen molar-refractivity contribution in [3.8, 4) is 5.75 Å². The Morgan fingerprint density at radius 3 is 2.66 bits per heavy atom. The summed E-state index contributed by atoms with van der Waals surface area (Å²) in [4.78, 5) is 18.3. The van der Waals surface area contributed by atoms with E-state index in [1.807, 2.05) is 52.6 Å². The van der Waals surface area contributed by atoms with Crippen LogP contribution in [0, 0.1) is 0 Å². The van der Waals surface area contributed by atoms with Crippen molar-refractivity contribution in [1.82, 2.24) is 10.2 Å². The number of ether oxygens (including phenoxy) is 1. The first-order chi connectivity index (χ1) is 15.8. The zero-order valence-corrected chi connectivity index (χ0v) is 19.4. The number of thiophene rings is 1. The average molecular weight is 447 g/mol. The van der Waals surface area contributed by atoms with E-state index >= 15 is 0 Å². The smallest absolute Gasteiger partial charge is 0.318 e. The predicted octanol–water partition coefficient (Wildman–Crippen LogP) is 5.54. The molecule has 0 bridgehead atoms. The molecule has 4 nitrogen and oxygen atoms in total. The van der Waals surface area contributed by atoms with Gasteiger partial charge in [0, 0.05) is 28.4 Å². The van der Waals surface area contributed by atoms with Crippen LogP contribution < -0.4 is 10.1 Å². The molecule has 2 aromatic carbocycles. The summed E-state index contributed by atoms with van der Waals surface area (Å²) < 4.78 is 5.73. The van der Waals surface area contributed by atoms with E-state index in [2.05, 4.69) is 23.5 Å². The number of rotatable bonds is 5. The third-order valence-corrected chi connectivity index (χ3v) is 8.09. The van der Waals surface area contributed by atoms with Crippen LogP contribution in [0.3, 0.4) is 0 Å². The summed E-state index contributed by atoms with van der Waals surface area (Å²) in [7, 11) is 1.71. The number of carbonyl (C=O) groups is 1. The molecule has 166 valence electrons. The van der Waals surface area contributed by atoms with Crippen molar-refractivity contribution >= 4 is 17.4 Å². The van der Waals surface area contributed by atoms with E-state index in [1.54, 1.807) is 12.7 Å². The molecule has 1 aliphatic carbocycles. The van der Waals surface area contributed by atoms with Gasteiger partial charge in [0.15, 0.2) is 0 Å². The number of nitrogens with one attached hydrogen (secondary N) is 1. The molecular weight excluding hydrogens is 416 g/mol. The van der Waals surface area contributed by atoms with Crippen LogP contribution >= 0.6 is 11.3 Å². The molecule has 0 spiro atoms. The lowest BCUT2D eigenvalue weighted by Crippen LogP contribution is -2.46. The monoisotopic (exact) mass is 446 g/mol. The van der Waals surface area contributed by atoms with E-state index in [0.717, 1.165) is 30.7 Å². The first-order valence-corrected chi connectivity index (χ1v) is 12.4. The number of carbonyl (C=O) groups excluding carboxylic acids is 1. The number of para-hydroxylation sites is 1. The predicted molar refractivity (Wildman–Crippen MR) is 130 cm³/mol. The van der Waals surface area contributed by atoms with Crippen LogP contribution in [0.4, 0.5) is 4.79 Å². The van der Waals surface area contributed by atoms with Gasteiger partial charge in [0.2, 0.25) is 0 Å². The van der Waals surface area contributed by atoms with Gasteiger partial charge < -0.3 is 15.0 Å². The van der Waals surface area contributed by atoms with Crippen LogP contribution in [0.2, 0.25) is 0 Å². The Morgan fingerprint density at radius 1 is 1.03 bits per heavy atom. The summed E-state index contributed by atoms with van der Waals surface area (Å²) in [6.07, 6.45) is 6.68. The van der Waals surface area contributed by atoms with E-state index in [-0.39, 0.29) is 12.1 Å². The van der Waals surface area contributed by atoms with E-state index in [0.29, 0.717) is 6.54 Å². The van der Waals surface area contributed by atoms with Gasteiger partial charge in [-0.15, -0.1) is 11.3 Å². The van der Waals surface area contributed by atoms with Gasteiger partial charge in [-0.25, -0.2) is 4.79 Å². The van der Waals surface area contributed by atoms with Crippen LogP contribution in [0.15, 0.2) is 54.6 Å². The fourth-order valence-electron chi connectivity index (χ4n) is 5.13. The number of nitrogens with zero attached hydrogens (tertiary/aromatic N) is 1. The Bertz CT molecular complexity index is 1090. The zero-order chi connectivity index (χ0) is 21.9. The molecule has 0 fully saturated rings. The number of amides is 2. The third kappa shape index (κ3) is 4.02. The van der Waals surface area contributed by atoms with Gasteiger partial charge in [-0.1, -0.05) is 48.5 Å². The van der Waals surface area contributed by atoms with Crippen LogP contribution in [0.25, 0.3) is 0 Å². The number of benzene rings is 2. The molecule has 1 N–H and O–H groups in total. The summed E-state index contributed by atoms with van der Waals surface area (Å²) in [5, 5.41) is 3.18. The minimum Gasteiger partial charge on any atom is -0.496 e. The second-order valence-electron chi connectivity index (χ2n) is 8.61. The molecule has 0 radical (unpaired) electrons. The van der Waals surface area contributed by atoms with Crippen molar-refractivity contribution in [2.45, 2.75) is 44.6 Å². The van der Waals surface area contributed by atoms with Crippen molar-refractivity contribution < 1.29 is 9.53 Å². The normalized spacial score (nSPS) is 17.4. The van der Waals surface area contributed by atoms with Gasteiger partial charge in [0.1, 0.15) is 5.75 Å². The fourth-order valence-corrected chi connectivity index (χ4v) is 6.71. The Balaban J connectivity index is 1.45. The first-order valence-electron chi connectivity index (χ1n) is 11.6. The summed E-state index contributed by atoms with van der Waals surface area (Å²) >= 11 is 1.92. The topological polar surface area (TPSA) is 41.6 Å². The van der Waals surface area contributed by atoms with E-state index in [4.69, 9.17) is 4.74 Å². The maximum atomic E-state index is 13.4. The average Bonchev–Trinajstić information content (AvgIpc) is 3.23. The highest BCUT2D eigenvalue weighted by Gasteiger charge is 2.37. The highest BCUT2D eigenvalue weighted by Crippen LogP contribution is 2.46. The van der Waals surface area contributed by atoms with Crippen LogP contribution in [0.5, 0.6) is 5.75 Å². The number of aryl methyl sites for hydroxylation is 1. The number of hydrogen-bond donors (Lipinski definition) is 1. The van der Waals surface area contributed by atoms with Gasteiger partial charge in [-0.3, -0.25) is 0 Å². The molecule has 5 heteroatoms. The van der Waals surface area contributed by atoms with Gasteiger partial charge in [0.05, 0.1) is 13.2 Å². The lowest BCUT2D eigenvalue weighted by atomic mass is 9.88. The first kappa shape index (κ1) is 21.1. The molecule has 3 aromatic rings. The molecule has 1 atom stereocenters. The molecule has 5 rings (SSSR count). The SMILES string of the molecule is COc1ccccc1[C@H]1c2sc3c(c2CCN1C(=O)NCCc1ccccc1)CCCC3. The second kappa shape index (κ2) is 9.37. The van der Waals surface area contributed by atoms with Crippen molar-refractivity contribution in [3.63, 3.8) is 0 Å². The number of methoxy groups -OCH3 is 1. The molecule has 1 aliphatic heterocycles. The molecule has 0 unspecified atom stereocenters. The largest absolute Gasteiger partial charge is 0.496 e. The van der Waals surface area contributed by atoms with Crippen molar-refractivity contribution in [1.29, 1.82) is 0 Å². The Hall–Kier alpha value is -2.79. The van der Waals surface area contributed by atoms with E-state index in [1.165, 1.54) is 46.6 Å². The van der Waals surface area contributed by atoms with Gasteiger partial charge in [-0.2, -0.15) is 0 Å². The number of fused-ring (bicyclic) bond motifs is 3. The molecule has 0 saturated heterocycles.